The molecule has 2 aliphatic heterocycles. The average Bonchev–Trinajstić information content (AvgIpc) is 2.62. The molecule has 27 heavy (non-hydrogen) atoms. The molecule has 1 aliphatic carbocycles. The van der Waals surface area contributed by atoms with Gasteiger partial charge in [-0.05, 0) is 83.5 Å². The maximum Gasteiger partial charge on any atom is 0.275 e. The van der Waals surface area contributed by atoms with Gasteiger partial charge >= 0.3 is 0 Å². The van der Waals surface area contributed by atoms with Crippen molar-refractivity contribution in [2.45, 2.75) is 83.2 Å². The number of piperidine rings is 2. The Morgan fingerprint density at radius 1 is 1.00 bits per heavy atom. The van der Waals surface area contributed by atoms with E-state index in [4.69, 9.17) is 0 Å². The number of hydrogen-bond acceptors (Lipinski definition) is 3. The first kappa shape index (κ1) is 21.4. The first-order valence-corrected chi connectivity index (χ1v) is 11.3. The van der Waals surface area contributed by atoms with Gasteiger partial charge in [0.15, 0.2) is 0 Å². The van der Waals surface area contributed by atoms with Gasteiger partial charge in [-0.25, -0.2) is 8.78 Å². The standard InChI is InChI=1S/C22H41F2N3/c1-5-18(2)16-26-13-8-20(22(23,24)17-26)27-14-11-21(12-15-27)9-6-19(7-10-21)25(3)4/h18-20H,5-17H2,1-4H3. The maximum absolute atomic E-state index is 14.9. The van der Waals surface area contributed by atoms with E-state index in [1.807, 2.05) is 4.90 Å². The Bertz CT molecular complexity index is 464. The Hall–Kier alpha value is -0.260. The summed E-state index contributed by atoms with van der Waals surface area (Å²) in [5.41, 5.74) is 0.440. The Morgan fingerprint density at radius 2 is 1.63 bits per heavy atom. The van der Waals surface area contributed by atoms with E-state index in [0.29, 0.717) is 23.8 Å². The lowest BCUT2D eigenvalue weighted by molar-refractivity contribution is -0.139. The highest BCUT2D eigenvalue weighted by Crippen LogP contribution is 2.46. The molecule has 0 aromatic rings. The highest BCUT2D eigenvalue weighted by atomic mass is 19.3. The number of nitrogens with zero attached hydrogens (tertiary/aromatic N) is 3. The lowest BCUT2D eigenvalue weighted by Crippen LogP contribution is -2.60. The van der Waals surface area contributed by atoms with Crippen LogP contribution in [0.4, 0.5) is 8.78 Å². The lowest BCUT2D eigenvalue weighted by Gasteiger charge is -2.51. The van der Waals surface area contributed by atoms with Crippen molar-refractivity contribution in [2.75, 3.05) is 46.8 Å². The number of rotatable bonds is 5. The molecule has 0 aromatic carbocycles. The minimum absolute atomic E-state index is 0.0475. The van der Waals surface area contributed by atoms with E-state index < -0.39 is 12.0 Å². The van der Waals surface area contributed by atoms with Gasteiger partial charge in [0.1, 0.15) is 0 Å². The molecule has 3 fully saturated rings. The van der Waals surface area contributed by atoms with Gasteiger partial charge in [0.25, 0.3) is 5.92 Å². The molecule has 0 amide bonds. The zero-order valence-corrected chi connectivity index (χ0v) is 18.0. The fourth-order valence-electron chi connectivity index (χ4n) is 5.72. The second-order valence-electron chi connectivity index (χ2n) is 10.0. The highest BCUT2D eigenvalue weighted by molar-refractivity contribution is 4.98. The van der Waals surface area contributed by atoms with Crippen molar-refractivity contribution in [3.05, 3.63) is 0 Å². The van der Waals surface area contributed by atoms with Gasteiger partial charge in [-0.15, -0.1) is 0 Å². The van der Waals surface area contributed by atoms with E-state index in [-0.39, 0.29) is 6.54 Å². The molecule has 3 nitrogen and oxygen atoms in total. The van der Waals surface area contributed by atoms with Gasteiger partial charge in [0, 0.05) is 19.1 Å². The van der Waals surface area contributed by atoms with Crippen LogP contribution in [0.15, 0.2) is 0 Å². The Morgan fingerprint density at radius 3 is 2.15 bits per heavy atom. The molecule has 0 aromatic heterocycles. The van der Waals surface area contributed by atoms with Crippen LogP contribution in [-0.4, -0.2) is 79.5 Å². The van der Waals surface area contributed by atoms with Crippen molar-refractivity contribution in [2.24, 2.45) is 11.3 Å². The fraction of sp³-hybridized carbons (Fsp3) is 1.00. The van der Waals surface area contributed by atoms with E-state index in [0.717, 1.165) is 45.4 Å². The molecule has 2 saturated heterocycles. The molecule has 158 valence electrons. The largest absolute Gasteiger partial charge is 0.306 e. The van der Waals surface area contributed by atoms with Crippen LogP contribution >= 0.6 is 0 Å². The SMILES string of the molecule is CCC(C)CN1CCC(N2CCC3(CCC(N(C)C)CC3)CC2)C(F)(F)C1. The summed E-state index contributed by atoms with van der Waals surface area (Å²) in [5.74, 6) is -2.07. The normalized spacial score (nSPS) is 31.4. The van der Waals surface area contributed by atoms with Crippen LogP contribution in [0.25, 0.3) is 0 Å². The first-order chi connectivity index (χ1) is 12.7. The summed E-state index contributed by atoms with van der Waals surface area (Å²) in [6.07, 6.45) is 9.05. The average molecular weight is 386 g/mol. The Balaban J connectivity index is 1.51. The zero-order chi connectivity index (χ0) is 19.7. The third kappa shape index (κ3) is 5.02. The van der Waals surface area contributed by atoms with Crippen molar-refractivity contribution in [3.63, 3.8) is 0 Å². The lowest BCUT2D eigenvalue weighted by atomic mass is 9.66. The van der Waals surface area contributed by atoms with E-state index in [1.54, 1.807) is 0 Å². The van der Waals surface area contributed by atoms with E-state index in [1.165, 1.54) is 25.7 Å². The molecule has 2 atom stereocenters. The number of hydrogen-bond donors (Lipinski definition) is 0. The predicted molar refractivity (Wildman–Crippen MR) is 108 cm³/mol. The molecule has 5 heteroatoms. The van der Waals surface area contributed by atoms with Crippen LogP contribution < -0.4 is 0 Å². The summed E-state index contributed by atoms with van der Waals surface area (Å²) in [5, 5.41) is 0. The quantitative estimate of drug-likeness (QED) is 0.697. The maximum atomic E-state index is 14.9. The smallest absolute Gasteiger partial charge is 0.275 e. The molecule has 1 saturated carbocycles. The minimum atomic E-state index is -2.57. The number of alkyl halides is 2. The van der Waals surface area contributed by atoms with Crippen molar-refractivity contribution in [3.8, 4) is 0 Å². The molecule has 2 heterocycles. The van der Waals surface area contributed by atoms with Crippen molar-refractivity contribution in [1.82, 2.24) is 14.7 Å². The van der Waals surface area contributed by atoms with Gasteiger partial charge in [0.05, 0.1) is 12.6 Å². The molecule has 1 spiro atoms. The van der Waals surface area contributed by atoms with Crippen LogP contribution in [-0.2, 0) is 0 Å². The summed E-state index contributed by atoms with van der Waals surface area (Å²) >= 11 is 0. The van der Waals surface area contributed by atoms with Crippen molar-refractivity contribution >= 4 is 0 Å². The third-order valence-corrected chi connectivity index (χ3v) is 7.95. The Labute approximate surface area is 165 Å². The fourth-order valence-corrected chi connectivity index (χ4v) is 5.72. The van der Waals surface area contributed by atoms with E-state index >= 15 is 0 Å². The minimum Gasteiger partial charge on any atom is -0.306 e. The monoisotopic (exact) mass is 385 g/mol. The summed E-state index contributed by atoms with van der Waals surface area (Å²) in [4.78, 5) is 6.50. The van der Waals surface area contributed by atoms with Crippen LogP contribution in [0.2, 0.25) is 0 Å². The first-order valence-electron chi connectivity index (χ1n) is 11.3. The van der Waals surface area contributed by atoms with Crippen LogP contribution in [0.5, 0.6) is 0 Å². The van der Waals surface area contributed by atoms with Gasteiger partial charge in [-0.1, -0.05) is 20.3 Å². The van der Waals surface area contributed by atoms with Gasteiger partial charge in [0.2, 0.25) is 0 Å². The van der Waals surface area contributed by atoms with Crippen LogP contribution in [0.3, 0.4) is 0 Å². The van der Waals surface area contributed by atoms with Crippen LogP contribution in [0.1, 0.15) is 65.2 Å². The topological polar surface area (TPSA) is 9.72 Å². The highest BCUT2D eigenvalue weighted by Gasteiger charge is 2.49. The molecule has 0 radical (unpaired) electrons. The zero-order valence-electron chi connectivity index (χ0n) is 18.0. The van der Waals surface area contributed by atoms with Gasteiger partial charge in [-0.3, -0.25) is 9.80 Å². The number of likely N-dealkylation sites (tertiary alicyclic amines) is 2. The molecule has 0 bridgehead atoms. The second kappa shape index (κ2) is 8.62. The molecular formula is C22H41F2N3. The van der Waals surface area contributed by atoms with Crippen LogP contribution in [0, 0.1) is 11.3 Å². The van der Waals surface area contributed by atoms with Gasteiger partial charge in [-0.2, -0.15) is 0 Å². The van der Waals surface area contributed by atoms with Crippen molar-refractivity contribution < 1.29 is 8.78 Å². The predicted octanol–water partition coefficient (Wildman–Crippen LogP) is 4.33. The third-order valence-electron chi connectivity index (χ3n) is 7.95. The molecule has 0 N–H and O–H groups in total. The van der Waals surface area contributed by atoms with E-state index in [2.05, 4.69) is 37.7 Å². The molecule has 2 unspecified atom stereocenters. The molecule has 3 rings (SSSR count). The second-order valence-corrected chi connectivity index (χ2v) is 10.0. The Kier molecular flexibility index (Phi) is 6.85. The van der Waals surface area contributed by atoms with Gasteiger partial charge < -0.3 is 4.90 Å². The summed E-state index contributed by atoms with van der Waals surface area (Å²) in [6.45, 7) is 7.65. The van der Waals surface area contributed by atoms with E-state index in [9.17, 15) is 8.78 Å². The molecule has 3 aliphatic rings. The summed E-state index contributed by atoms with van der Waals surface area (Å²) in [6, 6.07) is 0.175. The molecular weight excluding hydrogens is 344 g/mol. The number of halogens is 2. The van der Waals surface area contributed by atoms with Crippen molar-refractivity contribution in [1.29, 1.82) is 0 Å². The summed E-state index contributed by atoms with van der Waals surface area (Å²) < 4.78 is 29.9. The summed E-state index contributed by atoms with van der Waals surface area (Å²) in [7, 11) is 4.36.